The summed E-state index contributed by atoms with van der Waals surface area (Å²) in [6.45, 7) is 1.60. The van der Waals surface area contributed by atoms with Gasteiger partial charge in [0.05, 0.1) is 13.7 Å². The predicted molar refractivity (Wildman–Crippen MR) is 118 cm³/mol. The molecule has 0 spiro atoms. The Morgan fingerprint density at radius 3 is 2.59 bits per heavy atom. The molecule has 1 aliphatic rings. The molecule has 7 nitrogen and oxygen atoms in total. The average Bonchev–Trinajstić information content (AvgIpc) is 3.19. The Hall–Kier alpha value is -3.42. The van der Waals surface area contributed by atoms with Crippen molar-refractivity contribution in [2.24, 2.45) is 0 Å². The molecular formula is C24H27FN4O3. The minimum atomic E-state index is -0.309. The van der Waals surface area contributed by atoms with Crippen LogP contribution in [0.15, 0.2) is 53.3 Å². The zero-order chi connectivity index (χ0) is 22.5. The number of aromatic nitrogens is 3. The van der Waals surface area contributed by atoms with E-state index in [9.17, 15) is 14.0 Å². The van der Waals surface area contributed by atoms with E-state index in [0.717, 1.165) is 29.7 Å². The number of aryl methyl sites for hydroxylation is 1. The average molecular weight is 439 g/mol. The van der Waals surface area contributed by atoms with E-state index in [2.05, 4.69) is 10.2 Å². The van der Waals surface area contributed by atoms with Crippen LogP contribution < -0.4 is 10.4 Å². The van der Waals surface area contributed by atoms with Crippen molar-refractivity contribution in [3.63, 3.8) is 0 Å². The van der Waals surface area contributed by atoms with Gasteiger partial charge in [-0.25, -0.2) is 14.3 Å². The molecule has 0 atom stereocenters. The number of piperidine rings is 1. The molecule has 0 bridgehead atoms. The van der Waals surface area contributed by atoms with Crippen LogP contribution in [0.3, 0.4) is 0 Å². The topological polar surface area (TPSA) is 80.2 Å². The van der Waals surface area contributed by atoms with Crippen molar-refractivity contribution in [3.8, 4) is 5.75 Å². The van der Waals surface area contributed by atoms with Crippen LogP contribution in [0.25, 0.3) is 0 Å². The fraction of sp³-hybridized carbons (Fsp3) is 0.375. The molecule has 2 heterocycles. The van der Waals surface area contributed by atoms with Gasteiger partial charge in [0, 0.05) is 25.4 Å². The van der Waals surface area contributed by atoms with Gasteiger partial charge in [0.15, 0.2) is 0 Å². The van der Waals surface area contributed by atoms with E-state index in [4.69, 9.17) is 4.74 Å². The summed E-state index contributed by atoms with van der Waals surface area (Å²) < 4.78 is 20.2. The lowest BCUT2D eigenvalue weighted by molar-refractivity contribution is -0.132. The van der Waals surface area contributed by atoms with E-state index in [0.29, 0.717) is 38.3 Å². The van der Waals surface area contributed by atoms with Crippen LogP contribution in [-0.4, -0.2) is 45.8 Å². The SMILES string of the molecule is COc1ccccc1CCC(=O)N1CCC(c2n[nH]c(=O)n2Cc2ccc(F)cc2)CC1. The molecule has 0 radical (unpaired) electrons. The highest BCUT2D eigenvalue weighted by Crippen LogP contribution is 2.27. The summed E-state index contributed by atoms with van der Waals surface area (Å²) in [6.07, 6.45) is 2.56. The zero-order valence-electron chi connectivity index (χ0n) is 18.1. The fourth-order valence-electron chi connectivity index (χ4n) is 4.26. The van der Waals surface area contributed by atoms with Crippen LogP contribution in [0.5, 0.6) is 5.75 Å². The number of nitrogens with zero attached hydrogens (tertiary/aromatic N) is 3. The lowest BCUT2D eigenvalue weighted by atomic mass is 9.95. The van der Waals surface area contributed by atoms with Crippen molar-refractivity contribution in [1.82, 2.24) is 19.7 Å². The number of rotatable bonds is 7. The smallest absolute Gasteiger partial charge is 0.343 e. The van der Waals surface area contributed by atoms with Gasteiger partial charge in [-0.15, -0.1) is 0 Å². The molecule has 0 unspecified atom stereocenters. The highest BCUT2D eigenvalue weighted by molar-refractivity contribution is 5.76. The molecule has 168 valence electrons. The molecule has 1 aromatic heterocycles. The molecule has 1 aliphatic heterocycles. The van der Waals surface area contributed by atoms with Gasteiger partial charge in [-0.05, 0) is 48.6 Å². The van der Waals surface area contributed by atoms with Crippen LogP contribution in [-0.2, 0) is 17.8 Å². The number of nitrogens with one attached hydrogen (secondary N) is 1. The number of hydrogen-bond acceptors (Lipinski definition) is 4. The third kappa shape index (κ3) is 4.90. The van der Waals surface area contributed by atoms with Gasteiger partial charge in [-0.1, -0.05) is 30.3 Å². The lowest BCUT2D eigenvalue weighted by Crippen LogP contribution is -2.38. The highest BCUT2D eigenvalue weighted by Gasteiger charge is 2.27. The Morgan fingerprint density at radius 2 is 1.88 bits per heavy atom. The number of H-pyrrole nitrogens is 1. The van der Waals surface area contributed by atoms with Crippen LogP contribution in [0.1, 0.15) is 42.1 Å². The molecule has 3 aromatic rings. The molecule has 0 aliphatic carbocycles. The minimum absolute atomic E-state index is 0.0904. The van der Waals surface area contributed by atoms with Crippen LogP contribution in [0.4, 0.5) is 4.39 Å². The number of halogens is 1. The van der Waals surface area contributed by atoms with Gasteiger partial charge in [-0.3, -0.25) is 9.36 Å². The normalized spacial score (nSPS) is 14.5. The molecule has 1 saturated heterocycles. The molecular weight excluding hydrogens is 411 g/mol. The van der Waals surface area contributed by atoms with Crippen molar-refractivity contribution in [2.75, 3.05) is 20.2 Å². The van der Waals surface area contributed by atoms with E-state index >= 15 is 0 Å². The van der Waals surface area contributed by atoms with Crippen molar-refractivity contribution in [3.05, 3.63) is 81.8 Å². The minimum Gasteiger partial charge on any atom is -0.496 e. The summed E-state index contributed by atoms with van der Waals surface area (Å²) in [4.78, 5) is 26.9. The van der Waals surface area contributed by atoms with Gasteiger partial charge < -0.3 is 9.64 Å². The molecule has 0 saturated carbocycles. The maximum absolute atomic E-state index is 13.2. The first-order valence-corrected chi connectivity index (χ1v) is 10.8. The fourth-order valence-corrected chi connectivity index (χ4v) is 4.26. The first-order chi connectivity index (χ1) is 15.5. The standard InChI is InChI=1S/C24H27FN4O3/c1-32-21-5-3-2-4-18(21)8-11-22(30)28-14-12-19(13-15-28)23-26-27-24(31)29(23)16-17-6-9-20(25)10-7-17/h2-7,9-10,19H,8,11-16H2,1H3,(H,27,31). The second-order valence-electron chi connectivity index (χ2n) is 8.07. The van der Waals surface area contributed by atoms with Gasteiger partial charge in [0.1, 0.15) is 17.4 Å². The van der Waals surface area contributed by atoms with Gasteiger partial charge >= 0.3 is 5.69 Å². The number of benzene rings is 2. The maximum atomic E-state index is 13.2. The summed E-state index contributed by atoms with van der Waals surface area (Å²) >= 11 is 0. The molecule has 8 heteroatoms. The van der Waals surface area contributed by atoms with E-state index in [1.54, 1.807) is 23.8 Å². The number of hydrogen-bond donors (Lipinski definition) is 1. The highest BCUT2D eigenvalue weighted by atomic mass is 19.1. The van der Waals surface area contributed by atoms with Crippen LogP contribution in [0.2, 0.25) is 0 Å². The van der Waals surface area contributed by atoms with Gasteiger partial charge in [0.25, 0.3) is 0 Å². The summed E-state index contributed by atoms with van der Waals surface area (Å²) in [5.74, 6) is 1.40. The second kappa shape index (κ2) is 9.80. The van der Waals surface area contributed by atoms with E-state index in [1.165, 1.54) is 12.1 Å². The summed E-state index contributed by atoms with van der Waals surface area (Å²) in [5, 5.41) is 6.79. The zero-order valence-corrected chi connectivity index (χ0v) is 18.1. The number of ether oxygens (including phenoxy) is 1. The molecule has 32 heavy (non-hydrogen) atoms. The van der Waals surface area contributed by atoms with E-state index in [-0.39, 0.29) is 23.3 Å². The summed E-state index contributed by atoms with van der Waals surface area (Å²) in [5.41, 5.74) is 1.58. The van der Waals surface area contributed by atoms with Crippen molar-refractivity contribution < 1.29 is 13.9 Å². The lowest BCUT2D eigenvalue weighted by Gasteiger charge is -2.31. The first-order valence-electron chi connectivity index (χ1n) is 10.8. The van der Waals surface area contributed by atoms with Gasteiger partial charge in [0.2, 0.25) is 5.91 Å². The maximum Gasteiger partial charge on any atom is 0.343 e. The third-order valence-electron chi connectivity index (χ3n) is 6.06. The third-order valence-corrected chi connectivity index (χ3v) is 6.06. The van der Waals surface area contributed by atoms with Crippen LogP contribution in [0, 0.1) is 5.82 Å². The first kappa shape index (κ1) is 21.8. The van der Waals surface area contributed by atoms with E-state index < -0.39 is 0 Å². The number of carbonyl (C=O) groups is 1. The number of likely N-dealkylation sites (tertiary alicyclic amines) is 1. The molecule has 2 aromatic carbocycles. The number of methoxy groups -OCH3 is 1. The monoisotopic (exact) mass is 438 g/mol. The summed E-state index contributed by atoms with van der Waals surface area (Å²) in [7, 11) is 1.64. The Balaban J connectivity index is 1.35. The van der Waals surface area contributed by atoms with Gasteiger partial charge in [-0.2, -0.15) is 5.10 Å². The molecule has 4 rings (SSSR count). The molecule has 1 amide bonds. The van der Waals surface area contributed by atoms with Crippen molar-refractivity contribution in [2.45, 2.75) is 38.1 Å². The molecule has 1 N–H and O–H groups in total. The van der Waals surface area contributed by atoms with Crippen LogP contribution >= 0.6 is 0 Å². The number of aromatic amines is 1. The second-order valence-corrected chi connectivity index (χ2v) is 8.07. The summed E-state index contributed by atoms with van der Waals surface area (Å²) in [6, 6.07) is 13.9. The largest absolute Gasteiger partial charge is 0.496 e. The van der Waals surface area contributed by atoms with Crippen molar-refractivity contribution >= 4 is 5.91 Å². The number of para-hydroxylation sites is 1. The quantitative estimate of drug-likeness (QED) is 0.615. The predicted octanol–water partition coefficient (Wildman–Crippen LogP) is 3.11. The Kier molecular flexibility index (Phi) is 6.68. The Labute approximate surface area is 185 Å². The van der Waals surface area contributed by atoms with E-state index in [1.807, 2.05) is 29.2 Å². The number of amides is 1. The Morgan fingerprint density at radius 1 is 1.16 bits per heavy atom. The van der Waals surface area contributed by atoms with Crippen molar-refractivity contribution in [1.29, 1.82) is 0 Å². The molecule has 1 fully saturated rings. The number of carbonyl (C=O) groups excluding carboxylic acids is 1. The Bertz CT molecular complexity index is 1110.